The van der Waals surface area contributed by atoms with Gasteiger partial charge in [0.25, 0.3) is 0 Å². The molecule has 3 aromatic rings. The van der Waals surface area contributed by atoms with E-state index in [0.717, 1.165) is 18.0 Å². The Morgan fingerprint density at radius 3 is 2.62 bits per heavy atom. The van der Waals surface area contributed by atoms with E-state index in [2.05, 4.69) is 46.9 Å². The molecule has 3 rings (SSSR count). The molecular weight excluding hydrogens is 344 g/mol. The van der Waals surface area contributed by atoms with Gasteiger partial charge in [-0.2, -0.15) is 5.10 Å². The number of nitrogens with zero attached hydrogens (tertiary/aromatic N) is 2. The van der Waals surface area contributed by atoms with Crippen LogP contribution in [-0.2, 0) is 6.54 Å². The normalized spacial score (nSPS) is 10.4. The van der Waals surface area contributed by atoms with Crippen LogP contribution in [0.4, 0.5) is 11.5 Å². The minimum Gasteiger partial charge on any atom is -0.492 e. The molecule has 5 nitrogen and oxygen atoms in total. The Morgan fingerprint density at radius 2 is 1.85 bits per heavy atom. The predicted octanol–water partition coefficient (Wildman–Crippen LogP) is 4.45. The van der Waals surface area contributed by atoms with Gasteiger partial charge >= 0.3 is 0 Å². The number of hydrogen-bond donors (Lipinski definition) is 2. The average molecular weight is 366 g/mol. The maximum absolute atomic E-state index is 5.60. The van der Waals surface area contributed by atoms with Crippen LogP contribution in [0, 0.1) is 6.92 Å². The second-order valence-corrected chi connectivity index (χ2v) is 6.30. The third kappa shape index (κ3) is 4.83. The molecule has 6 heteroatoms. The van der Waals surface area contributed by atoms with Gasteiger partial charge < -0.3 is 15.4 Å². The lowest BCUT2D eigenvalue weighted by Crippen LogP contribution is -2.20. The Bertz CT molecular complexity index is 874. The number of aromatic nitrogens is 2. The molecule has 26 heavy (non-hydrogen) atoms. The Kier molecular flexibility index (Phi) is 5.86. The summed E-state index contributed by atoms with van der Waals surface area (Å²) in [5, 5.41) is 11.2. The van der Waals surface area contributed by atoms with Gasteiger partial charge in [-0.15, -0.1) is 0 Å². The quantitative estimate of drug-likeness (QED) is 0.631. The van der Waals surface area contributed by atoms with Gasteiger partial charge in [0, 0.05) is 12.3 Å². The lowest BCUT2D eigenvalue weighted by atomic mass is 10.1. The first-order valence-electron chi connectivity index (χ1n) is 8.53. The van der Waals surface area contributed by atoms with Crippen LogP contribution < -0.4 is 15.4 Å². The minimum atomic E-state index is 0.470. The third-order valence-corrected chi connectivity index (χ3v) is 3.99. The Labute approximate surface area is 159 Å². The molecule has 2 N–H and O–H groups in total. The fourth-order valence-electron chi connectivity index (χ4n) is 2.52. The molecule has 0 radical (unpaired) electrons. The highest BCUT2D eigenvalue weighted by Gasteiger charge is 2.06. The summed E-state index contributed by atoms with van der Waals surface area (Å²) < 4.78 is 7.48. The maximum Gasteiger partial charge on any atom is 0.176 e. The van der Waals surface area contributed by atoms with Crippen LogP contribution in [0.15, 0.2) is 60.8 Å². The largest absolute Gasteiger partial charge is 0.492 e. The highest BCUT2D eigenvalue weighted by molar-refractivity contribution is 7.80. The SMILES string of the molecule is CCOc1ccccc1NC(=S)Nc1ccn(Cc2ccc(C)cc2)n1. The fraction of sp³-hybridized carbons (Fsp3) is 0.200. The maximum atomic E-state index is 5.60. The van der Waals surface area contributed by atoms with Crippen molar-refractivity contribution < 1.29 is 4.74 Å². The van der Waals surface area contributed by atoms with Gasteiger partial charge in [-0.05, 0) is 43.8 Å². The Morgan fingerprint density at radius 1 is 1.08 bits per heavy atom. The molecule has 0 aliphatic heterocycles. The van der Waals surface area contributed by atoms with E-state index in [-0.39, 0.29) is 0 Å². The van der Waals surface area contributed by atoms with E-state index in [1.54, 1.807) is 0 Å². The van der Waals surface area contributed by atoms with Crippen molar-refractivity contribution in [2.45, 2.75) is 20.4 Å². The number of para-hydroxylation sites is 2. The summed E-state index contributed by atoms with van der Waals surface area (Å²) in [4.78, 5) is 0. The van der Waals surface area contributed by atoms with Crippen LogP contribution in [-0.4, -0.2) is 21.5 Å². The molecule has 0 spiro atoms. The van der Waals surface area contributed by atoms with Gasteiger partial charge in [0.1, 0.15) is 5.75 Å². The molecule has 0 aliphatic carbocycles. The topological polar surface area (TPSA) is 51.1 Å². The van der Waals surface area contributed by atoms with E-state index < -0.39 is 0 Å². The molecule has 2 aromatic carbocycles. The van der Waals surface area contributed by atoms with Crippen molar-refractivity contribution in [2.24, 2.45) is 0 Å². The molecule has 134 valence electrons. The van der Waals surface area contributed by atoms with E-state index in [0.29, 0.717) is 17.5 Å². The summed E-state index contributed by atoms with van der Waals surface area (Å²) in [5.41, 5.74) is 3.28. The van der Waals surface area contributed by atoms with Crippen LogP contribution in [0.1, 0.15) is 18.1 Å². The van der Waals surface area contributed by atoms with Gasteiger partial charge in [-0.1, -0.05) is 42.0 Å². The van der Waals surface area contributed by atoms with E-state index in [1.807, 2.05) is 48.1 Å². The second kappa shape index (κ2) is 8.49. The van der Waals surface area contributed by atoms with E-state index in [1.165, 1.54) is 11.1 Å². The third-order valence-electron chi connectivity index (χ3n) is 3.78. The van der Waals surface area contributed by atoms with Crippen LogP contribution >= 0.6 is 12.2 Å². The number of nitrogens with one attached hydrogen (secondary N) is 2. The number of thiocarbonyl (C=S) groups is 1. The van der Waals surface area contributed by atoms with Crippen molar-refractivity contribution in [2.75, 3.05) is 17.2 Å². The van der Waals surface area contributed by atoms with Gasteiger partial charge in [-0.25, -0.2) is 0 Å². The van der Waals surface area contributed by atoms with Crippen LogP contribution in [0.5, 0.6) is 5.75 Å². The predicted molar refractivity (Wildman–Crippen MR) is 110 cm³/mol. The van der Waals surface area contributed by atoms with E-state index in [4.69, 9.17) is 17.0 Å². The summed E-state index contributed by atoms with van der Waals surface area (Å²) in [6, 6.07) is 18.0. The smallest absolute Gasteiger partial charge is 0.176 e. The van der Waals surface area contributed by atoms with Crippen LogP contribution in [0.3, 0.4) is 0 Å². The van der Waals surface area contributed by atoms with Gasteiger partial charge in [0.15, 0.2) is 10.9 Å². The molecule has 1 aromatic heterocycles. The molecule has 0 saturated carbocycles. The highest BCUT2D eigenvalue weighted by atomic mass is 32.1. The summed E-state index contributed by atoms with van der Waals surface area (Å²) in [7, 11) is 0. The molecule has 0 unspecified atom stereocenters. The van der Waals surface area contributed by atoms with Crippen molar-refractivity contribution >= 4 is 28.8 Å². The zero-order valence-electron chi connectivity index (χ0n) is 14.9. The molecule has 0 bridgehead atoms. The van der Waals surface area contributed by atoms with Crippen LogP contribution in [0.25, 0.3) is 0 Å². The highest BCUT2D eigenvalue weighted by Crippen LogP contribution is 2.23. The van der Waals surface area contributed by atoms with Crippen molar-refractivity contribution in [3.8, 4) is 5.75 Å². The standard InChI is InChI=1S/C20H22N4OS/c1-3-25-18-7-5-4-6-17(18)21-20(26)22-19-12-13-24(23-19)14-16-10-8-15(2)9-11-16/h4-13H,3,14H2,1-2H3,(H2,21,22,23,26). The molecule has 0 saturated heterocycles. The summed E-state index contributed by atoms with van der Waals surface area (Å²) >= 11 is 5.39. The number of hydrogen-bond acceptors (Lipinski definition) is 3. The Hall–Kier alpha value is -2.86. The fourth-order valence-corrected chi connectivity index (χ4v) is 2.73. The average Bonchev–Trinajstić information content (AvgIpc) is 3.05. The molecule has 0 amide bonds. The number of benzene rings is 2. The van der Waals surface area contributed by atoms with Gasteiger partial charge in [0.05, 0.1) is 18.8 Å². The Balaban J connectivity index is 1.60. The van der Waals surface area contributed by atoms with Crippen molar-refractivity contribution in [3.63, 3.8) is 0 Å². The minimum absolute atomic E-state index is 0.470. The van der Waals surface area contributed by atoms with Crippen molar-refractivity contribution in [1.29, 1.82) is 0 Å². The zero-order valence-corrected chi connectivity index (χ0v) is 15.7. The summed E-state index contributed by atoms with van der Waals surface area (Å²) in [6.45, 7) is 5.35. The molecule has 0 fully saturated rings. The van der Waals surface area contributed by atoms with E-state index >= 15 is 0 Å². The van der Waals surface area contributed by atoms with Crippen molar-refractivity contribution in [1.82, 2.24) is 9.78 Å². The first-order valence-corrected chi connectivity index (χ1v) is 8.93. The summed E-state index contributed by atoms with van der Waals surface area (Å²) in [6.07, 6.45) is 1.93. The monoisotopic (exact) mass is 366 g/mol. The second-order valence-electron chi connectivity index (χ2n) is 5.89. The lowest BCUT2D eigenvalue weighted by molar-refractivity contribution is 0.342. The van der Waals surface area contributed by atoms with Crippen LogP contribution in [0.2, 0.25) is 0 Å². The molecule has 0 aliphatic rings. The zero-order chi connectivity index (χ0) is 18.4. The number of ether oxygens (including phenoxy) is 1. The number of anilines is 2. The van der Waals surface area contributed by atoms with E-state index in [9.17, 15) is 0 Å². The number of aryl methyl sites for hydroxylation is 1. The first kappa shape index (κ1) is 17.9. The molecular formula is C20H22N4OS. The first-order chi connectivity index (χ1) is 12.6. The molecule has 1 heterocycles. The molecule has 0 atom stereocenters. The lowest BCUT2D eigenvalue weighted by Gasteiger charge is -2.13. The van der Waals surface area contributed by atoms with Gasteiger partial charge in [0.2, 0.25) is 0 Å². The van der Waals surface area contributed by atoms with Gasteiger partial charge in [-0.3, -0.25) is 4.68 Å². The summed E-state index contributed by atoms with van der Waals surface area (Å²) in [5.74, 6) is 1.47. The number of rotatable bonds is 6. The van der Waals surface area contributed by atoms with Crippen molar-refractivity contribution in [3.05, 3.63) is 71.9 Å².